The largest absolute Gasteiger partial charge is 0.385 e. The molecule has 158 valence electrons. The first kappa shape index (κ1) is 24.7. The van der Waals surface area contributed by atoms with Crippen molar-refractivity contribution in [2.45, 2.75) is 38.9 Å². The molecule has 0 saturated carbocycles. The Hall–Kier alpha value is -2.38. The molecule has 0 aliphatic heterocycles. The zero-order valence-electron chi connectivity index (χ0n) is 18.0. The molecule has 0 amide bonds. The number of carbonyl (C=O) groups is 1. The number of methoxy groups -OCH3 is 1. The first-order valence-corrected chi connectivity index (χ1v) is 10.6. The van der Waals surface area contributed by atoms with Crippen LogP contribution >= 0.6 is 11.8 Å². The van der Waals surface area contributed by atoms with Crippen LogP contribution in [0, 0.1) is 0 Å². The zero-order chi connectivity index (χ0) is 21.8. The lowest BCUT2D eigenvalue weighted by molar-refractivity contribution is -0.107. The van der Waals surface area contributed by atoms with Crippen molar-refractivity contribution in [2.24, 2.45) is 15.9 Å². The van der Waals surface area contributed by atoms with Gasteiger partial charge in [0.15, 0.2) is 0 Å². The van der Waals surface area contributed by atoms with Crippen molar-refractivity contribution in [1.29, 1.82) is 0 Å². The molecule has 0 radical (unpaired) electrons. The Balaban J connectivity index is 0.000000960. The first-order chi connectivity index (χ1) is 13.9. The molecule has 0 fully saturated rings. The number of aldehydes is 1. The third kappa shape index (κ3) is 7.18. The van der Waals surface area contributed by atoms with E-state index < -0.39 is 0 Å². The second-order valence-corrected chi connectivity index (χ2v) is 7.95. The molecule has 7 heteroatoms. The maximum absolute atomic E-state index is 11.0. The Morgan fingerprint density at radius 1 is 1.24 bits per heavy atom. The van der Waals surface area contributed by atoms with Crippen LogP contribution in [0.2, 0.25) is 0 Å². The lowest BCUT2D eigenvalue weighted by Gasteiger charge is -2.26. The predicted octanol–water partition coefficient (Wildman–Crippen LogP) is 4.63. The van der Waals surface area contributed by atoms with E-state index >= 15 is 0 Å². The second-order valence-electron chi connectivity index (χ2n) is 6.62. The van der Waals surface area contributed by atoms with Gasteiger partial charge in [-0.1, -0.05) is 44.2 Å². The fourth-order valence-electron chi connectivity index (χ4n) is 2.66. The molecular weight excluding hydrogens is 384 g/mol. The summed E-state index contributed by atoms with van der Waals surface area (Å²) in [6.07, 6.45) is 0.919. The molecular formula is C22H32N4O2S. The van der Waals surface area contributed by atoms with E-state index in [1.807, 2.05) is 30.9 Å². The molecule has 0 saturated heterocycles. The summed E-state index contributed by atoms with van der Waals surface area (Å²) in [5.74, 6) is 1.16. The molecule has 0 heterocycles. The number of nitrogens with zero attached hydrogens (tertiary/aromatic N) is 3. The van der Waals surface area contributed by atoms with Gasteiger partial charge in [-0.2, -0.15) is 5.10 Å². The van der Waals surface area contributed by atoms with E-state index in [1.165, 1.54) is 22.7 Å². The highest BCUT2D eigenvalue weighted by Crippen LogP contribution is 2.33. The molecule has 2 rings (SSSR count). The van der Waals surface area contributed by atoms with Gasteiger partial charge in [-0.25, -0.2) is 0 Å². The summed E-state index contributed by atoms with van der Waals surface area (Å²) in [5, 5.41) is 9.60. The number of fused-ring (bicyclic) bond motifs is 1. The summed E-state index contributed by atoms with van der Waals surface area (Å²) < 4.78 is 4.54. The van der Waals surface area contributed by atoms with Gasteiger partial charge in [-0.15, -0.1) is 16.9 Å². The van der Waals surface area contributed by atoms with Gasteiger partial charge in [-0.3, -0.25) is 0 Å². The van der Waals surface area contributed by atoms with E-state index in [1.54, 1.807) is 7.11 Å². The molecule has 0 aliphatic carbocycles. The van der Waals surface area contributed by atoms with Crippen molar-refractivity contribution in [3.8, 4) is 0 Å². The summed E-state index contributed by atoms with van der Waals surface area (Å²) in [7, 11) is 1.68. The van der Waals surface area contributed by atoms with Gasteiger partial charge in [0.05, 0.1) is 16.8 Å². The highest BCUT2D eigenvalue weighted by atomic mass is 32.2. The molecule has 1 atom stereocenters. The Labute approximate surface area is 178 Å². The van der Waals surface area contributed by atoms with Gasteiger partial charge in [0.1, 0.15) is 6.29 Å². The maximum Gasteiger partial charge on any atom is 0.221 e. The minimum Gasteiger partial charge on any atom is -0.385 e. The minimum atomic E-state index is -0.131. The van der Waals surface area contributed by atoms with Gasteiger partial charge in [0.25, 0.3) is 0 Å². The van der Waals surface area contributed by atoms with E-state index in [2.05, 4.69) is 59.8 Å². The fraction of sp³-hybridized carbons (Fsp3) is 0.409. The summed E-state index contributed by atoms with van der Waals surface area (Å²) in [4.78, 5) is 12.8. The number of nitrogens with two attached hydrogens (primary N) is 1. The normalized spacial score (nSPS) is 12.3. The van der Waals surface area contributed by atoms with Crippen LogP contribution < -0.4 is 10.6 Å². The maximum atomic E-state index is 11.0. The van der Waals surface area contributed by atoms with Crippen LogP contribution in [0.25, 0.3) is 10.8 Å². The van der Waals surface area contributed by atoms with Crippen molar-refractivity contribution >= 4 is 47.2 Å². The van der Waals surface area contributed by atoms with Gasteiger partial charge in [0.2, 0.25) is 5.96 Å². The number of hydrogen-bond donors (Lipinski definition) is 1. The molecule has 0 aliphatic rings. The molecule has 29 heavy (non-hydrogen) atoms. The van der Waals surface area contributed by atoms with Gasteiger partial charge in [0, 0.05) is 25.8 Å². The van der Waals surface area contributed by atoms with E-state index in [9.17, 15) is 4.79 Å². The third-order valence-corrected chi connectivity index (χ3v) is 5.29. The smallest absolute Gasteiger partial charge is 0.221 e. The van der Waals surface area contributed by atoms with E-state index in [4.69, 9.17) is 5.73 Å². The molecule has 2 aromatic carbocycles. The van der Waals surface area contributed by atoms with Crippen molar-refractivity contribution in [1.82, 2.24) is 0 Å². The number of ether oxygens (including phenoxy) is 1. The van der Waals surface area contributed by atoms with Gasteiger partial charge in [-0.05, 0) is 36.8 Å². The zero-order valence-corrected chi connectivity index (χ0v) is 18.8. The Bertz CT molecular complexity index is 822. The fourth-order valence-corrected chi connectivity index (χ4v) is 3.40. The summed E-state index contributed by atoms with van der Waals surface area (Å²) in [6, 6.07) is 12.4. The third-order valence-electron chi connectivity index (χ3n) is 4.24. The van der Waals surface area contributed by atoms with Gasteiger partial charge < -0.3 is 20.2 Å². The molecule has 0 spiro atoms. The van der Waals surface area contributed by atoms with Crippen LogP contribution in [0.1, 0.15) is 39.2 Å². The average molecular weight is 417 g/mol. The Kier molecular flexibility index (Phi) is 11.0. The predicted molar refractivity (Wildman–Crippen MR) is 127 cm³/mol. The lowest BCUT2D eigenvalue weighted by atomic mass is 9.95. The number of rotatable bonds is 8. The molecule has 0 aromatic heterocycles. The number of thioether (sulfide) groups is 1. The summed E-state index contributed by atoms with van der Waals surface area (Å²) in [6.45, 7) is 12.4. The molecule has 0 bridgehead atoms. The van der Waals surface area contributed by atoms with Crippen LogP contribution in [-0.4, -0.2) is 43.8 Å². The Morgan fingerprint density at radius 2 is 1.86 bits per heavy atom. The van der Waals surface area contributed by atoms with E-state index in [0.717, 1.165) is 24.0 Å². The van der Waals surface area contributed by atoms with Crippen molar-refractivity contribution < 1.29 is 9.53 Å². The van der Waals surface area contributed by atoms with Crippen LogP contribution in [0.3, 0.4) is 0 Å². The number of guanidine groups is 1. The second kappa shape index (κ2) is 13.0. The Morgan fingerprint density at radius 3 is 2.38 bits per heavy atom. The van der Waals surface area contributed by atoms with Crippen LogP contribution in [-0.2, 0) is 9.53 Å². The first-order valence-electron chi connectivity index (χ1n) is 9.55. The van der Waals surface area contributed by atoms with Crippen molar-refractivity contribution in [3.05, 3.63) is 42.0 Å². The SMILES string of the molecule is C=N/N=C(/N)N(CSC(C)C=O)c1ccc(C(C)C)c2ccccc12.CCOC. The topological polar surface area (TPSA) is 80.3 Å². The van der Waals surface area contributed by atoms with E-state index in [0.29, 0.717) is 11.8 Å². The highest BCUT2D eigenvalue weighted by Gasteiger charge is 2.17. The summed E-state index contributed by atoms with van der Waals surface area (Å²) in [5.41, 5.74) is 8.34. The standard InChI is InChI=1S/C19H24N4OS.C3H8O/c1-13(2)15-9-10-18(17-8-6-5-7-16(15)17)23(19(20)22-21-4)12-25-14(3)11-24;1-3-4-2/h5-11,13-14H,4,12H2,1-3H3,(H2,20,22);3H2,1-2H3. The number of hydrogen-bond acceptors (Lipinski definition) is 5. The highest BCUT2D eigenvalue weighted by molar-refractivity contribution is 8.00. The number of benzene rings is 2. The van der Waals surface area contributed by atoms with Gasteiger partial charge >= 0.3 is 0 Å². The average Bonchev–Trinajstić information content (AvgIpc) is 2.73. The monoisotopic (exact) mass is 416 g/mol. The molecule has 1 unspecified atom stereocenters. The lowest BCUT2D eigenvalue weighted by Crippen LogP contribution is -2.37. The molecule has 2 N–H and O–H groups in total. The summed E-state index contributed by atoms with van der Waals surface area (Å²) >= 11 is 1.49. The van der Waals surface area contributed by atoms with E-state index in [-0.39, 0.29) is 11.2 Å². The molecule has 6 nitrogen and oxygen atoms in total. The van der Waals surface area contributed by atoms with Crippen LogP contribution in [0.15, 0.2) is 46.6 Å². The van der Waals surface area contributed by atoms with Crippen LogP contribution in [0.5, 0.6) is 0 Å². The number of anilines is 1. The molecule has 2 aromatic rings. The quantitative estimate of drug-likeness (QED) is 0.223. The minimum absolute atomic E-state index is 0.131. The number of carbonyl (C=O) groups excluding carboxylic acids is 1. The van der Waals surface area contributed by atoms with Crippen LogP contribution in [0.4, 0.5) is 5.69 Å². The van der Waals surface area contributed by atoms with Crippen molar-refractivity contribution in [3.63, 3.8) is 0 Å². The van der Waals surface area contributed by atoms with Crippen molar-refractivity contribution in [2.75, 3.05) is 24.5 Å².